The molecule has 0 saturated carbocycles. The van der Waals surface area contributed by atoms with Crippen molar-refractivity contribution < 1.29 is 29.3 Å². The molecule has 0 unspecified atom stereocenters. The van der Waals surface area contributed by atoms with E-state index in [0.717, 1.165) is 4.90 Å². The number of hydrogen-bond donors (Lipinski definition) is 3. The third-order valence-electron chi connectivity index (χ3n) is 2.67. The van der Waals surface area contributed by atoms with E-state index in [4.69, 9.17) is 9.84 Å². The first-order valence-electron chi connectivity index (χ1n) is 6.27. The lowest BCUT2D eigenvalue weighted by Crippen LogP contribution is -2.46. The largest absolute Gasteiger partial charge is 0.480 e. The smallest absolute Gasteiger partial charge is 0.408 e. The quantitative estimate of drug-likeness (QED) is 0.648. The summed E-state index contributed by atoms with van der Waals surface area (Å²) in [5.41, 5.74) is -0.680. The molecule has 8 heteroatoms. The Morgan fingerprint density at radius 1 is 1.35 bits per heavy atom. The van der Waals surface area contributed by atoms with E-state index in [0.29, 0.717) is 0 Å². The van der Waals surface area contributed by atoms with Crippen LogP contribution in [0.2, 0.25) is 0 Å². The lowest BCUT2D eigenvalue weighted by Gasteiger charge is -2.22. The number of aliphatic carboxylic acids is 1. The van der Waals surface area contributed by atoms with Gasteiger partial charge in [-0.05, 0) is 20.8 Å². The van der Waals surface area contributed by atoms with E-state index in [9.17, 15) is 19.5 Å². The third kappa shape index (κ3) is 4.69. The van der Waals surface area contributed by atoms with Gasteiger partial charge in [-0.1, -0.05) is 0 Å². The van der Waals surface area contributed by atoms with Gasteiger partial charge < -0.3 is 25.2 Å². The van der Waals surface area contributed by atoms with Crippen molar-refractivity contribution >= 4 is 18.0 Å². The fourth-order valence-electron chi connectivity index (χ4n) is 1.89. The number of aliphatic hydroxyl groups excluding tert-OH is 1. The Balaban J connectivity index is 2.50. The van der Waals surface area contributed by atoms with Crippen LogP contribution in [-0.2, 0) is 14.3 Å². The Labute approximate surface area is 116 Å². The highest BCUT2D eigenvalue weighted by molar-refractivity contribution is 5.87. The van der Waals surface area contributed by atoms with E-state index in [1.807, 2.05) is 0 Å². The predicted molar refractivity (Wildman–Crippen MR) is 68.0 cm³/mol. The minimum atomic E-state index is -1.17. The highest BCUT2D eigenvalue weighted by Gasteiger charge is 2.38. The molecule has 8 nitrogen and oxygen atoms in total. The van der Waals surface area contributed by atoms with Gasteiger partial charge in [0.2, 0.25) is 5.91 Å². The zero-order chi connectivity index (χ0) is 15.5. The molecule has 1 heterocycles. The number of rotatable bonds is 3. The zero-order valence-corrected chi connectivity index (χ0v) is 11.8. The fourth-order valence-corrected chi connectivity index (χ4v) is 1.89. The van der Waals surface area contributed by atoms with Gasteiger partial charge in [-0.2, -0.15) is 0 Å². The summed E-state index contributed by atoms with van der Waals surface area (Å²) in [5.74, 6) is -1.74. The molecule has 0 spiro atoms. The van der Waals surface area contributed by atoms with Crippen LogP contribution in [0.1, 0.15) is 27.2 Å². The Kier molecular flexibility index (Phi) is 4.93. The first-order valence-corrected chi connectivity index (χ1v) is 6.27. The molecule has 1 saturated heterocycles. The van der Waals surface area contributed by atoms with Gasteiger partial charge in [-0.25, -0.2) is 9.59 Å². The predicted octanol–water partition coefficient (Wildman–Crippen LogP) is -0.442. The Bertz CT molecular complexity index is 403. The van der Waals surface area contributed by atoms with Gasteiger partial charge in [-0.3, -0.25) is 4.79 Å². The molecule has 1 rings (SSSR count). The second-order valence-electron chi connectivity index (χ2n) is 5.65. The summed E-state index contributed by atoms with van der Waals surface area (Å²) in [6.07, 6.45) is -1.62. The summed E-state index contributed by atoms with van der Waals surface area (Å²) in [5, 5.41) is 20.7. The van der Waals surface area contributed by atoms with Gasteiger partial charge in [0.15, 0.2) is 0 Å². The number of aliphatic hydroxyl groups is 1. The van der Waals surface area contributed by atoms with Crippen LogP contribution in [0.15, 0.2) is 0 Å². The van der Waals surface area contributed by atoms with Crippen LogP contribution >= 0.6 is 0 Å². The lowest BCUT2D eigenvalue weighted by atomic mass is 10.2. The average Bonchev–Trinajstić information content (AvgIpc) is 2.66. The molecule has 1 fully saturated rings. The molecule has 0 bridgehead atoms. The third-order valence-corrected chi connectivity index (χ3v) is 2.67. The van der Waals surface area contributed by atoms with Gasteiger partial charge in [0.05, 0.1) is 6.10 Å². The number of carbonyl (C=O) groups excluding carboxylic acids is 2. The molecule has 1 aliphatic rings. The van der Waals surface area contributed by atoms with Crippen molar-refractivity contribution in [2.45, 2.75) is 44.9 Å². The second kappa shape index (κ2) is 6.08. The summed E-state index contributed by atoms with van der Waals surface area (Å²) >= 11 is 0. The molecule has 114 valence electrons. The summed E-state index contributed by atoms with van der Waals surface area (Å²) in [4.78, 5) is 35.3. The molecule has 0 aromatic carbocycles. The number of carbonyl (C=O) groups is 3. The van der Waals surface area contributed by atoms with Crippen LogP contribution in [0.4, 0.5) is 4.79 Å². The monoisotopic (exact) mass is 288 g/mol. The summed E-state index contributed by atoms with van der Waals surface area (Å²) < 4.78 is 4.96. The Hall–Kier alpha value is -1.83. The summed E-state index contributed by atoms with van der Waals surface area (Å²) in [7, 11) is 0. The number of hydrogen-bond acceptors (Lipinski definition) is 5. The molecule has 0 aromatic heterocycles. The number of amides is 2. The highest BCUT2D eigenvalue weighted by Crippen LogP contribution is 2.18. The number of alkyl carbamates (subject to hydrolysis) is 1. The van der Waals surface area contributed by atoms with Gasteiger partial charge in [0, 0.05) is 13.0 Å². The van der Waals surface area contributed by atoms with Crippen LogP contribution in [0.5, 0.6) is 0 Å². The van der Waals surface area contributed by atoms with Crippen molar-refractivity contribution in [1.82, 2.24) is 10.2 Å². The van der Waals surface area contributed by atoms with Crippen LogP contribution in [0.25, 0.3) is 0 Å². The number of carboxylic acids is 1. The first-order chi connectivity index (χ1) is 9.10. The molecule has 2 atom stereocenters. The topological polar surface area (TPSA) is 116 Å². The molecular formula is C12H20N2O6. The Morgan fingerprint density at radius 2 is 1.95 bits per heavy atom. The zero-order valence-electron chi connectivity index (χ0n) is 11.8. The number of carboxylic acid groups (broad SMARTS) is 1. The van der Waals surface area contributed by atoms with Crippen LogP contribution in [0, 0.1) is 0 Å². The Morgan fingerprint density at radius 3 is 2.45 bits per heavy atom. The average molecular weight is 288 g/mol. The number of β-amino-alcohol motifs (C(OH)–C–C–N with tert-alkyl or cyclic N) is 1. The maximum atomic E-state index is 11.9. The summed E-state index contributed by atoms with van der Waals surface area (Å²) in [6, 6.07) is -1.06. The number of likely N-dealkylation sites (tertiary alicyclic amines) is 1. The van der Waals surface area contributed by atoms with Crippen molar-refractivity contribution in [2.75, 3.05) is 13.1 Å². The molecule has 0 aromatic rings. The molecular weight excluding hydrogens is 268 g/mol. The number of nitrogens with zero attached hydrogens (tertiary/aromatic N) is 1. The van der Waals surface area contributed by atoms with E-state index in [2.05, 4.69) is 5.32 Å². The minimum absolute atomic E-state index is 0.00644. The van der Waals surface area contributed by atoms with Crippen LogP contribution in [0.3, 0.4) is 0 Å². The molecule has 3 N–H and O–H groups in total. The molecule has 20 heavy (non-hydrogen) atoms. The van der Waals surface area contributed by atoms with E-state index in [-0.39, 0.29) is 19.5 Å². The van der Waals surface area contributed by atoms with E-state index in [1.54, 1.807) is 20.8 Å². The molecule has 0 aliphatic carbocycles. The minimum Gasteiger partial charge on any atom is -0.480 e. The van der Waals surface area contributed by atoms with E-state index in [1.165, 1.54) is 0 Å². The lowest BCUT2D eigenvalue weighted by molar-refractivity contribution is -0.147. The van der Waals surface area contributed by atoms with E-state index >= 15 is 0 Å². The summed E-state index contributed by atoms with van der Waals surface area (Å²) in [6.45, 7) is 4.64. The van der Waals surface area contributed by atoms with Gasteiger partial charge in [-0.15, -0.1) is 0 Å². The van der Waals surface area contributed by atoms with Crippen molar-refractivity contribution in [3.05, 3.63) is 0 Å². The molecule has 2 amide bonds. The van der Waals surface area contributed by atoms with Crippen molar-refractivity contribution in [1.29, 1.82) is 0 Å². The van der Waals surface area contributed by atoms with Crippen LogP contribution < -0.4 is 5.32 Å². The highest BCUT2D eigenvalue weighted by atomic mass is 16.6. The van der Waals surface area contributed by atoms with Gasteiger partial charge in [0.25, 0.3) is 0 Å². The number of nitrogens with one attached hydrogen (secondary N) is 1. The van der Waals surface area contributed by atoms with Crippen LogP contribution in [-0.4, -0.2) is 63.9 Å². The van der Waals surface area contributed by atoms with E-state index < -0.39 is 35.7 Å². The van der Waals surface area contributed by atoms with Crippen molar-refractivity contribution in [2.24, 2.45) is 0 Å². The maximum absolute atomic E-state index is 11.9. The van der Waals surface area contributed by atoms with Gasteiger partial charge >= 0.3 is 12.1 Å². The number of ether oxygens (including phenoxy) is 1. The van der Waals surface area contributed by atoms with Crippen molar-refractivity contribution in [3.63, 3.8) is 0 Å². The SMILES string of the molecule is CC(C)(C)OC(=O)NCC(=O)N1C[C@H](O)C[C@H]1C(=O)O. The standard InChI is InChI=1S/C12H20N2O6/c1-12(2,3)20-11(19)13-5-9(16)14-6-7(15)4-8(14)10(17)18/h7-8,15H,4-6H2,1-3H3,(H,13,19)(H,17,18)/t7-,8+/m1/s1. The van der Waals surface area contributed by atoms with Gasteiger partial charge in [0.1, 0.15) is 18.2 Å². The molecule has 1 aliphatic heterocycles. The first kappa shape index (κ1) is 16.2. The van der Waals surface area contributed by atoms with Crippen molar-refractivity contribution in [3.8, 4) is 0 Å². The normalized spacial score (nSPS) is 22.5. The fraction of sp³-hybridized carbons (Fsp3) is 0.750. The maximum Gasteiger partial charge on any atom is 0.408 e. The molecule has 0 radical (unpaired) electrons. The second-order valence-corrected chi connectivity index (χ2v) is 5.65.